The largest absolute Gasteiger partial charge is 0.396 e. The number of aliphatic hydroxyl groups is 1. The van der Waals surface area contributed by atoms with Crippen LogP contribution in [-0.2, 0) is 6.54 Å². The monoisotopic (exact) mass is 302 g/mol. The van der Waals surface area contributed by atoms with Crippen LogP contribution in [0.3, 0.4) is 0 Å². The number of aliphatic hydroxyl groups excluding tert-OH is 1. The molecule has 2 aliphatic heterocycles. The van der Waals surface area contributed by atoms with Crippen LogP contribution >= 0.6 is 0 Å². The van der Waals surface area contributed by atoms with E-state index in [4.69, 9.17) is 0 Å². The fourth-order valence-electron chi connectivity index (χ4n) is 4.20. The van der Waals surface area contributed by atoms with Crippen LogP contribution in [0.15, 0.2) is 18.2 Å². The maximum Gasteiger partial charge on any atom is 0.0475 e. The number of nitrogens with zero attached hydrogens (tertiary/aromatic N) is 2. The minimum absolute atomic E-state index is 0.335. The van der Waals surface area contributed by atoms with Gasteiger partial charge in [0.25, 0.3) is 0 Å². The molecule has 2 heterocycles. The zero-order valence-corrected chi connectivity index (χ0v) is 14.1. The van der Waals surface area contributed by atoms with Gasteiger partial charge in [-0.2, -0.15) is 0 Å². The van der Waals surface area contributed by atoms with Gasteiger partial charge in [0.05, 0.1) is 0 Å². The van der Waals surface area contributed by atoms with Gasteiger partial charge in [-0.25, -0.2) is 0 Å². The summed E-state index contributed by atoms with van der Waals surface area (Å²) in [6, 6.07) is 6.57. The van der Waals surface area contributed by atoms with Crippen LogP contribution in [0.4, 0.5) is 0 Å². The van der Waals surface area contributed by atoms with Gasteiger partial charge in [-0.1, -0.05) is 18.2 Å². The van der Waals surface area contributed by atoms with Crippen LogP contribution in [0, 0.1) is 25.7 Å². The molecule has 0 radical (unpaired) electrons. The summed E-state index contributed by atoms with van der Waals surface area (Å²) in [5, 5.41) is 9.76. The highest BCUT2D eigenvalue weighted by atomic mass is 16.3. The van der Waals surface area contributed by atoms with E-state index in [9.17, 15) is 5.11 Å². The van der Waals surface area contributed by atoms with E-state index in [-0.39, 0.29) is 0 Å². The van der Waals surface area contributed by atoms with Crippen LogP contribution in [-0.4, -0.2) is 54.2 Å². The Morgan fingerprint density at radius 2 is 1.64 bits per heavy atom. The van der Waals surface area contributed by atoms with E-state index in [1.807, 2.05) is 0 Å². The summed E-state index contributed by atoms with van der Waals surface area (Å²) in [5.41, 5.74) is 4.26. The predicted octanol–water partition coefficient (Wildman–Crippen LogP) is 2.44. The fraction of sp³-hybridized carbons (Fsp3) is 0.684. The molecule has 22 heavy (non-hydrogen) atoms. The molecule has 0 amide bonds. The molecule has 1 N–H and O–H groups in total. The van der Waals surface area contributed by atoms with Crippen molar-refractivity contribution in [1.29, 1.82) is 0 Å². The zero-order chi connectivity index (χ0) is 15.5. The number of aryl methyl sites for hydroxylation is 2. The van der Waals surface area contributed by atoms with Gasteiger partial charge in [0, 0.05) is 32.8 Å². The molecule has 0 bridgehead atoms. The number of hydrogen-bond acceptors (Lipinski definition) is 3. The Morgan fingerprint density at radius 3 is 2.27 bits per heavy atom. The smallest absolute Gasteiger partial charge is 0.0475 e. The summed E-state index contributed by atoms with van der Waals surface area (Å²) in [6.45, 7) is 11.7. The maximum absolute atomic E-state index is 9.76. The van der Waals surface area contributed by atoms with E-state index in [1.165, 1.54) is 49.2 Å². The number of benzene rings is 1. The fourth-order valence-corrected chi connectivity index (χ4v) is 4.20. The number of rotatable bonds is 5. The van der Waals surface area contributed by atoms with Crippen molar-refractivity contribution in [2.45, 2.75) is 33.2 Å². The molecule has 0 unspecified atom stereocenters. The van der Waals surface area contributed by atoms with Gasteiger partial charge in [0.15, 0.2) is 0 Å². The first-order valence-electron chi connectivity index (χ1n) is 8.78. The second-order valence-electron chi connectivity index (χ2n) is 7.27. The Hall–Kier alpha value is -0.900. The predicted molar refractivity (Wildman–Crippen MR) is 90.9 cm³/mol. The Labute approximate surface area is 134 Å². The molecule has 1 aromatic rings. The van der Waals surface area contributed by atoms with Gasteiger partial charge in [0.1, 0.15) is 0 Å². The second-order valence-corrected chi connectivity index (χ2v) is 7.27. The van der Waals surface area contributed by atoms with Gasteiger partial charge in [-0.3, -0.25) is 4.90 Å². The first-order valence-corrected chi connectivity index (χ1v) is 8.78. The minimum Gasteiger partial charge on any atom is -0.396 e. The Morgan fingerprint density at radius 1 is 1.00 bits per heavy atom. The van der Waals surface area contributed by atoms with Crippen molar-refractivity contribution in [1.82, 2.24) is 9.80 Å². The van der Waals surface area contributed by atoms with Crippen molar-refractivity contribution in [3.8, 4) is 0 Å². The Kier molecular flexibility index (Phi) is 5.17. The van der Waals surface area contributed by atoms with Crippen LogP contribution in [0.1, 0.15) is 29.5 Å². The normalized spacial score (nSPS) is 26.9. The number of hydrogen-bond donors (Lipinski definition) is 1. The van der Waals surface area contributed by atoms with E-state index >= 15 is 0 Å². The molecule has 2 aliphatic rings. The molecule has 3 heteroatoms. The van der Waals surface area contributed by atoms with Crippen molar-refractivity contribution >= 4 is 0 Å². The third-order valence-electron chi connectivity index (χ3n) is 5.60. The topological polar surface area (TPSA) is 26.7 Å². The summed E-state index contributed by atoms with van der Waals surface area (Å²) in [6.07, 6.45) is 2.70. The van der Waals surface area contributed by atoms with E-state index in [1.54, 1.807) is 0 Å². The van der Waals surface area contributed by atoms with Crippen LogP contribution < -0.4 is 0 Å². The lowest BCUT2D eigenvalue weighted by atomic mass is 9.96. The molecular formula is C19H30N2O. The molecule has 3 nitrogen and oxygen atoms in total. The van der Waals surface area contributed by atoms with E-state index in [2.05, 4.69) is 41.8 Å². The highest BCUT2D eigenvalue weighted by Gasteiger charge is 2.34. The summed E-state index contributed by atoms with van der Waals surface area (Å²) >= 11 is 0. The molecule has 0 aromatic heterocycles. The molecule has 0 aliphatic carbocycles. The molecule has 0 spiro atoms. The van der Waals surface area contributed by atoms with E-state index < -0.39 is 0 Å². The van der Waals surface area contributed by atoms with Crippen LogP contribution in [0.25, 0.3) is 0 Å². The maximum atomic E-state index is 9.76. The van der Waals surface area contributed by atoms with Crippen LogP contribution in [0.2, 0.25) is 0 Å². The summed E-state index contributed by atoms with van der Waals surface area (Å²) in [4.78, 5) is 5.15. The Bertz CT molecular complexity index is 476. The molecule has 0 saturated carbocycles. The van der Waals surface area contributed by atoms with Crippen LogP contribution in [0.5, 0.6) is 0 Å². The lowest BCUT2D eigenvalue weighted by Crippen LogP contribution is -2.31. The number of likely N-dealkylation sites (tertiary alicyclic amines) is 2. The first-order chi connectivity index (χ1) is 10.7. The average molecular weight is 302 g/mol. The molecule has 122 valence electrons. The molecule has 2 fully saturated rings. The van der Waals surface area contributed by atoms with Crippen molar-refractivity contribution < 1.29 is 5.11 Å². The van der Waals surface area contributed by atoms with Gasteiger partial charge in [-0.15, -0.1) is 0 Å². The standard InChI is InChI=1S/C19H30N2O/c1-15-6-5-7-16(2)19(15)13-21-11-17(18(12-21)14-22)10-20-8-3-4-9-20/h5-7,17-18,22H,3-4,8-14H2,1-2H3/t17-,18-/m1/s1. The van der Waals surface area contributed by atoms with Gasteiger partial charge in [0.2, 0.25) is 0 Å². The van der Waals surface area contributed by atoms with Gasteiger partial charge >= 0.3 is 0 Å². The van der Waals surface area contributed by atoms with Crippen molar-refractivity contribution in [3.05, 3.63) is 34.9 Å². The first kappa shape index (κ1) is 16.0. The quantitative estimate of drug-likeness (QED) is 0.905. The lowest BCUT2D eigenvalue weighted by Gasteiger charge is -2.23. The van der Waals surface area contributed by atoms with E-state index in [0.717, 1.165) is 19.6 Å². The zero-order valence-electron chi connectivity index (χ0n) is 14.1. The molecule has 1 aromatic carbocycles. The van der Waals surface area contributed by atoms with Crippen molar-refractivity contribution in [2.75, 3.05) is 39.3 Å². The van der Waals surface area contributed by atoms with E-state index in [0.29, 0.717) is 18.4 Å². The van der Waals surface area contributed by atoms with Gasteiger partial charge < -0.3 is 10.0 Å². The van der Waals surface area contributed by atoms with Gasteiger partial charge in [-0.05, 0) is 68.3 Å². The summed E-state index contributed by atoms with van der Waals surface area (Å²) < 4.78 is 0. The third-order valence-corrected chi connectivity index (χ3v) is 5.60. The highest BCUT2D eigenvalue weighted by Crippen LogP contribution is 2.28. The molecule has 2 saturated heterocycles. The summed E-state index contributed by atoms with van der Waals surface area (Å²) in [5.74, 6) is 1.08. The molecule has 3 rings (SSSR count). The Balaban J connectivity index is 1.63. The highest BCUT2D eigenvalue weighted by molar-refractivity contribution is 5.33. The summed E-state index contributed by atoms with van der Waals surface area (Å²) in [7, 11) is 0. The lowest BCUT2D eigenvalue weighted by molar-refractivity contribution is 0.175. The average Bonchev–Trinajstić information content (AvgIpc) is 3.13. The molecular weight excluding hydrogens is 272 g/mol. The molecule has 2 atom stereocenters. The second kappa shape index (κ2) is 7.12. The SMILES string of the molecule is Cc1cccc(C)c1CN1C[C@@H](CN2CCCC2)[C@@H](CO)C1. The minimum atomic E-state index is 0.335. The third kappa shape index (κ3) is 3.53. The van der Waals surface area contributed by atoms with Crippen molar-refractivity contribution in [3.63, 3.8) is 0 Å². The van der Waals surface area contributed by atoms with Crippen molar-refractivity contribution in [2.24, 2.45) is 11.8 Å².